The minimum Gasteiger partial charge on any atom is -0.352 e. The van der Waals surface area contributed by atoms with Gasteiger partial charge in [-0.25, -0.2) is 4.39 Å². The lowest BCUT2D eigenvalue weighted by molar-refractivity contribution is -0.141. The van der Waals surface area contributed by atoms with E-state index < -0.39 is 6.04 Å². The normalized spacial score (nSPS) is 12.9. The predicted molar refractivity (Wildman–Crippen MR) is 114 cm³/mol. The SMILES string of the molecule is CCC(C)NC(=O)C(CC)N(Cc1ccccc1C)C(=O)Cc1ccc(F)cc1. The van der Waals surface area contributed by atoms with Crippen LogP contribution in [0, 0.1) is 12.7 Å². The third kappa shape index (κ3) is 6.41. The number of carbonyl (C=O) groups is 2. The van der Waals surface area contributed by atoms with Crippen molar-refractivity contribution in [3.8, 4) is 0 Å². The topological polar surface area (TPSA) is 49.4 Å². The average Bonchev–Trinajstić information content (AvgIpc) is 2.70. The van der Waals surface area contributed by atoms with Crippen LogP contribution in [0.15, 0.2) is 48.5 Å². The molecule has 0 aliphatic carbocycles. The van der Waals surface area contributed by atoms with Crippen LogP contribution in [0.5, 0.6) is 0 Å². The van der Waals surface area contributed by atoms with Crippen LogP contribution in [0.4, 0.5) is 4.39 Å². The van der Waals surface area contributed by atoms with Crippen molar-refractivity contribution < 1.29 is 14.0 Å². The molecule has 0 heterocycles. The number of amides is 2. The van der Waals surface area contributed by atoms with Gasteiger partial charge in [0.1, 0.15) is 11.9 Å². The van der Waals surface area contributed by atoms with Crippen LogP contribution in [0.3, 0.4) is 0 Å². The van der Waals surface area contributed by atoms with Gasteiger partial charge in [-0.3, -0.25) is 9.59 Å². The van der Waals surface area contributed by atoms with Gasteiger partial charge in [-0.05, 0) is 55.5 Å². The summed E-state index contributed by atoms with van der Waals surface area (Å²) in [6, 6.07) is 13.3. The van der Waals surface area contributed by atoms with Crippen LogP contribution in [-0.4, -0.2) is 28.8 Å². The van der Waals surface area contributed by atoms with Gasteiger partial charge in [-0.15, -0.1) is 0 Å². The highest BCUT2D eigenvalue weighted by Gasteiger charge is 2.29. The maximum absolute atomic E-state index is 13.2. The van der Waals surface area contributed by atoms with Gasteiger partial charge in [0.05, 0.1) is 6.42 Å². The van der Waals surface area contributed by atoms with Crippen LogP contribution in [0.1, 0.15) is 50.3 Å². The van der Waals surface area contributed by atoms with E-state index in [9.17, 15) is 14.0 Å². The fourth-order valence-corrected chi connectivity index (χ4v) is 3.21. The molecule has 0 aliphatic heterocycles. The lowest BCUT2D eigenvalue weighted by Gasteiger charge is -2.32. The van der Waals surface area contributed by atoms with Gasteiger partial charge < -0.3 is 10.2 Å². The Kier molecular flexibility index (Phi) is 8.37. The van der Waals surface area contributed by atoms with E-state index in [1.54, 1.807) is 17.0 Å². The maximum atomic E-state index is 13.2. The molecule has 29 heavy (non-hydrogen) atoms. The van der Waals surface area contributed by atoms with E-state index in [1.165, 1.54) is 12.1 Å². The smallest absolute Gasteiger partial charge is 0.243 e. The highest BCUT2D eigenvalue weighted by molar-refractivity contribution is 5.88. The van der Waals surface area contributed by atoms with Gasteiger partial charge >= 0.3 is 0 Å². The Morgan fingerprint density at radius 2 is 1.69 bits per heavy atom. The first-order chi connectivity index (χ1) is 13.8. The molecule has 2 atom stereocenters. The summed E-state index contributed by atoms with van der Waals surface area (Å²) < 4.78 is 13.2. The van der Waals surface area contributed by atoms with Crippen molar-refractivity contribution >= 4 is 11.8 Å². The minimum absolute atomic E-state index is 0.0454. The summed E-state index contributed by atoms with van der Waals surface area (Å²) in [5.74, 6) is -0.619. The Balaban J connectivity index is 2.30. The van der Waals surface area contributed by atoms with Gasteiger partial charge in [0.15, 0.2) is 0 Å². The van der Waals surface area contributed by atoms with E-state index in [0.717, 1.165) is 23.1 Å². The number of hydrogen-bond acceptors (Lipinski definition) is 2. The third-order valence-corrected chi connectivity index (χ3v) is 5.26. The molecule has 2 rings (SSSR count). The Morgan fingerprint density at radius 3 is 2.28 bits per heavy atom. The van der Waals surface area contributed by atoms with Crippen molar-refractivity contribution in [3.63, 3.8) is 0 Å². The number of nitrogens with zero attached hydrogens (tertiary/aromatic N) is 1. The molecule has 2 aromatic carbocycles. The number of rotatable bonds is 9. The average molecular weight is 399 g/mol. The number of halogens is 1. The number of carbonyl (C=O) groups excluding carboxylic acids is 2. The molecular weight excluding hydrogens is 367 g/mol. The summed E-state index contributed by atoms with van der Waals surface area (Å²) in [5, 5.41) is 3.01. The number of nitrogens with one attached hydrogen (secondary N) is 1. The highest BCUT2D eigenvalue weighted by atomic mass is 19.1. The number of benzene rings is 2. The second-order valence-corrected chi connectivity index (χ2v) is 7.49. The Bertz CT molecular complexity index is 820. The van der Waals surface area contributed by atoms with E-state index in [0.29, 0.717) is 13.0 Å². The monoisotopic (exact) mass is 398 g/mol. The molecule has 156 valence electrons. The van der Waals surface area contributed by atoms with E-state index in [2.05, 4.69) is 5.32 Å². The van der Waals surface area contributed by atoms with Crippen LogP contribution < -0.4 is 5.32 Å². The van der Waals surface area contributed by atoms with Gasteiger partial charge in [0.2, 0.25) is 11.8 Å². The third-order valence-electron chi connectivity index (χ3n) is 5.26. The summed E-state index contributed by atoms with van der Waals surface area (Å²) in [4.78, 5) is 27.8. The zero-order valence-corrected chi connectivity index (χ0v) is 17.7. The van der Waals surface area contributed by atoms with Crippen molar-refractivity contribution in [1.82, 2.24) is 10.2 Å². The first kappa shape index (κ1) is 22.6. The van der Waals surface area contributed by atoms with Crippen molar-refractivity contribution in [1.29, 1.82) is 0 Å². The van der Waals surface area contributed by atoms with E-state index >= 15 is 0 Å². The molecule has 0 spiro atoms. The van der Waals surface area contributed by atoms with Crippen molar-refractivity contribution in [3.05, 3.63) is 71.0 Å². The van der Waals surface area contributed by atoms with Crippen LogP contribution in [-0.2, 0) is 22.6 Å². The molecule has 4 nitrogen and oxygen atoms in total. The van der Waals surface area contributed by atoms with Crippen LogP contribution in [0.25, 0.3) is 0 Å². The standard InChI is InChI=1S/C24H31FN2O2/c1-5-18(4)26-24(29)22(6-2)27(16-20-10-8-7-9-17(20)3)23(28)15-19-11-13-21(25)14-12-19/h7-14,18,22H,5-6,15-16H2,1-4H3,(H,26,29). The molecule has 0 saturated heterocycles. The Labute approximate surface area is 173 Å². The fraction of sp³-hybridized carbons (Fsp3) is 0.417. The second-order valence-electron chi connectivity index (χ2n) is 7.49. The molecule has 2 unspecified atom stereocenters. The fourth-order valence-electron chi connectivity index (χ4n) is 3.21. The summed E-state index contributed by atoms with van der Waals surface area (Å²) in [5.41, 5.74) is 2.81. The van der Waals surface area contributed by atoms with Gasteiger partial charge in [0.25, 0.3) is 0 Å². The summed E-state index contributed by atoms with van der Waals surface area (Å²) in [6.45, 7) is 8.24. The molecule has 2 aromatic rings. The molecule has 5 heteroatoms. The molecule has 0 aromatic heterocycles. The molecule has 2 amide bonds. The van der Waals surface area contributed by atoms with Crippen molar-refractivity contribution in [2.45, 2.75) is 65.6 Å². The molecule has 0 aliphatic rings. The zero-order chi connectivity index (χ0) is 21.4. The quantitative estimate of drug-likeness (QED) is 0.681. The lowest BCUT2D eigenvalue weighted by Crippen LogP contribution is -2.51. The Hall–Kier alpha value is -2.69. The molecular formula is C24H31FN2O2. The maximum Gasteiger partial charge on any atom is 0.243 e. The molecule has 0 radical (unpaired) electrons. The zero-order valence-electron chi connectivity index (χ0n) is 17.7. The molecule has 1 N–H and O–H groups in total. The van der Waals surface area contributed by atoms with Crippen molar-refractivity contribution in [2.24, 2.45) is 0 Å². The minimum atomic E-state index is -0.559. The van der Waals surface area contributed by atoms with Gasteiger partial charge in [-0.1, -0.05) is 50.2 Å². The van der Waals surface area contributed by atoms with E-state index in [1.807, 2.05) is 52.0 Å². The van der Waals surface area contributed by atoms with Crippen molar-refractivity contribution in [2.75, 3.05) is 0 Å². The van der Waals surface area contributed by atoms with Gasteiger partial charge in [-0.2, -0.15) is 0 Å². The first-order valence-electron chi connectivity index (χ1n) is 10.2. The number of aryl methyl sites for hydroxylation is 1. The summed E-state index contributed by atoms with van der Waals surface area (Å²) in [6.07, 6.45) is 1.46. The lowest BCUT2D eigenvalue weighted by atomic mass is 10.0. The largest absolute Gasteiger partial charge is 0.352 e. The van der Waals surface area contributed by atoms with Crippen LogP contribution >= 0.6 is 0 Å². The van der Waals surface area contributed by atoms with E-state index in [4.69, 9.17) is 0 Å². The van der Waals surface area contributed by atoms with Crippen LogP contribution in [0.2, 0.25) is 0 Å². The molecule has 0 saturated carbocycles. The molecule has 0 bridgehead atoms. The first-order valence-corrected chi connectivity index (χ1v) is 10.2. The summed E-state index contributed by atoms with van der Waals surface area (Å²) in [7, 11) is 0. The molecule has 0 fully saturated rings. The van der Waals surface area contributed by atoms with E-state index in [-0.39, 0.29) is 30.1 Å². The highest BCUT2D eigenvalue weighted by Crippen LogP contribution is 2.17. The number of hydrogen-bond donors (Lipinski definition) is 1. The summed E-state index contributed by atoms with van der Waals surface area (Å²) >= 11 is 0. The second kappa shape index (κ2) is 10.7. The van der Waals surface area contributed by atoms with Gasteiger partial charge in [0, 0.05) is 12.6 Å². The predicted octanol–water partition coefficient (Wildman–Crippen LogP) is 4.40. The Morgan fingerprint density at radius 1 is 1.03 bits per heavy atom.